The first-order valence-corrected chi connectivity index (χ1v) is 9.63. The topological polar surface area (TPSA) is 83.5 Å². The van der Waals surface area contributed by atoms with Crippen molar-refractivity contribution in [2.75, 3.05) is 0 Å². The van der Waals surface area contributed by atoms with Crippen LogP contribution in [0.4, 0.5) is 0 Å². The third-order valence-electron chi connectivity index (χ3n) is 6.07. The summed E-state index contributed by atoms with van der Waals surface area (Å²) in [6, 6.07) is 5.06. The van der Waals surface area contributed by atoms with E-state index in [1.54, 1.807) is 12.1 Å². The average molecular weight is 370 g/mol. The maximum atomic E-state index is 12.3. The van der Waals surface area contributed by atoms with Crippen LogP contribution in [0.2, 0.25) is 0 Å². The number of benzene rings is 1. The zero-order valence-electron chi connectivity index (χ0n) is 14.4. The van der Waals surface area contributed by atoms with Gasteiger partial charge in [0.25, 0.3) is 10.4 Å². The van der Waals surface area contributed by atoms with Gasteiger partial charge in [0.1, 0.15) is 11.5 Å². The normalized spacial score (nSPS) is 30.5. The third-order valence-corrected chi connectivity index (χ3v) is 6.47. The Balaban J connectivity index is 0.00000182. The molecule has 4 rings (SSSR count). The molecular weight excluding hydrogens is 351 g/mol. The number of allylic oxidation sites excluding steroid dienone is 2. The van der Waals surface area contributed by atoms with Crippen LogP contribution in [-0.2, 0) is 21.6 Å². The van der Waals surface area contributed by atoms with Crippen LogP contribution in [0.1, 0.15) is 49.7 Å². The number of hydrogen-bond acceptors (Lipinski definition) is 5. The maximum Gasteiger partial charge on any atom is 1.00 e. The van der Waals surface area contributed by atoms with Crippen molar-refractivity contribution in [3.63, 3.8) is 0 Å². The fraction of sp³-hybridized carbons (Fsp3) is 0.500. The van der Waals surface area contributed by atoms with Crippen molar-refractivity contribution in [1.82, 2.24) is 0 Å². The van der Waals surface area contributed by atoms with Crippen LogP contribution in [-0.4, -0.2) is 18.8 Å². The van der Waals surface area contributed by atoms with Crippen molar-refractivity contribution in [2.45, 2.75) is 44.9 Å². The minimum atomic E-state index is -4.76. The van der Waals surface area contributed by atoms with E-state index in [4.69, 9.17) is 0 Å². The molecule has 3 aliphatic rings. The van der Waals surface area contributed by atoms with Gasteiger partial charge >= 0.3 is 29.6 Å². The molecule has 0 aromatic heterocycles. The predicted molar refractivity (Wildman–Crippen MR) is 86.4 cm³/mol. The molecule has 0 saturated heterocycles. The van der Waals surface area contributed by atoms with E-state index in [1.165, 1.54) is 11.1 Å². The summed E-state index contributed by atoms with van der Waals surface area (Å²) in [5.74, 6) is 1.07. The van der Waals surface area contributed by atoms with Crippen molar-refractivity contribution in [1.29, 1.82) is 0 Å². The smallest absolute Gasteiger partial charge is 0.716 e. The largest absolute Gasteiger partial charge is 1.00 e. The summed E-state index contributed by atoms with van der Waals surface area (Å²) in [6.45, 7) is 2.11. The van der Waals surface area contributed by atoms with Crippen LogP contribution in [0.5, 0.6) is 5.75 Å². The third kappa shape index (κ3) is 3.23. The Morgan fingerprint density at radius 1 is 1.28 bits per heavy atom. The zero-order chi connectivity index (χ0) is 17.1. The minimum Gasteiger partial charge on any atom is -0.716 e. The molecule has 3 aliphatic carbocycles. The number of Topliss-reactive ketones (excluding diaryl/α,β-unsaturated/α-hetero) is 1. The molecule has 128 valence electrons. The fourth-order valence-electron chi connectivity index (χ4n) is 4.89. The quantitative estimate of drug-likeness (QED) is 0.314. The second kappa shape index (κ2) is 6.50. The summed E-state index contributed by atoms with van der Waals surface area (Å²) in [7, 11) is -4.76. The molecule has 7 heteroatoms. The van der Waals surface area contributed by atoms with Crippen molar-refractivity contribution in [3.05, 3.63) is 41.0 Å². The van der Waals surface area contributed by atoms with Crippen LogP contribution >= 0.6 is 0 Å². The predicted octanol–water partition coefficient (Wildman–Crippen LogP) is -0.125. The molecule has 2 saturated carbocycles. The zero-order valence-corrected chi connectivity index (χ0v) is 17.3. The first-order valence-electron chi connectivity index (χ1n) is 8.29. The van der Waals surface area contributed by atoms with Gasteiger partial charge in [0.15, 0.2) is 0 Å². The van der Waals surface area contributed by atoms with Gasteiger partial charge in [0.05, 0.1) is 0 Å². The van der Waals surface area contributed by atoms with Gasteiger partial charge in [0, 0.05) is 17.8 Å². The van der Waals surface area contributed by atoms with Crippen LogP contribution in [0, 0.1) is 11.3 Å². The number of rotatable bonds is 2. The van der Waals surface area contributed by atoms with Gasteiger partial charge in [-0.3, -0.25) is 4.79 Å². The summed E-state index contributed by atoms with van der Waals surface area (Å²) in [4.78, 5) is 12.3. The molecule has 0 aliphatic heterocycles. The molecule has 5 nitrogen and oxygen atoms in total. The van der Waals surface area contributed by atoms with Crippen molar-refractivity contribution >= 4 is 16.2 Å². The van der Waals surface area contributed by atoms with E-state index in [2.05, 4.69) is 17.2 Å². The average Bonchev–Trinajstić information content (AvgIpc) is 2.81. The number of carbonyl (C=O) groups excluding carboxylic acids is 1. The SMILES string of the molecule is C[C@@]12CC[C@@H]3C(=CCc4cc(OS(=O)(=O)[O-])ccc43)[C@H]1CCC2=O.[Na+]. The van der Waals surface area contributed by atoms with E-state index in [9.17, 15) is 17.8 Å². The van der Waals surface area contributed by atoms with E-state index < -0.39 is 10.4 Å². The van der Waals surface area contributed by atoms with E-state index in [0.717, 1.165) is 24.8 Å². The van der Waals surface area contributed by atoms with Crippen LogP contribution in [0.3, 0.4) is 0 Å². The van der Waals surface area contributed by atoms with Gasteiger partial charge in [-0.15, -0.1) is 0 Å². The van der Waals surface area contributed by atoms with Gasteiger partial charge in [-0.2, -0.15) is 0 Å². The second-order valence-corrected chi connectivity index (χ2v) is 8.27. The Kier molecular flexibility index (Phi) is 4.97. The van der Waals surface area contributed by atoms with Gasteiger partial charge in [-0.1, -0.05) is 24.6 Å². The molecule has 0 unspecified atom stereocenters. The van der Waals surface area contributed by atoms with E-state index in [1.807, 2.05) is 6.07 Å². The maximum absolute atomic E-state index is 12.3. The van der Waals surface area contributed by atoms with Gasteiger partial charge in [0.2, 0.25) is 0 Å². The fourth-order valence-corrected chi connectivity index (χ4v) is 5.23. The Morgan fingerprint density at radius 3 is 2.76 bits per heavy atom. The van der Waals surface area contributed by atoms with E-state index in [-0.39, 0.29) is 46.6 Å². The summed E-state index contributed by atoms with van der Waals surface area (Å²) in [5.41, 5.74) is 3.33. The molecule has 0 heterocycles. The summed E-state index contributed by atoms with van der Waals surface area (Å²) >= 11 is 0. The molecule has 0 spiro atoms. The molecule has 25 heavy (non-hydrogen) atoms. The Hall–Kier alpha value is -0.660. The minimum absolute atomic E-state index is 0. The Labute approximate surface area is 170 Å². The van der Waals surface area contributed by atoms with Crippen LogP contribution in [0.25, 0.3) is 0 Å². The van der Waals surface area contributed by atoms with Gasteiger partial charge < -0.3 is 8.74 Å². The van der Waals surface area contributed by atoms with Crippen LogP contribution < -0.4 is 33.7 Å². The van der Waals surface area contributed by atoms with Crippen molar-refractivity contribution in [3.8, 4) is 5.75 Å². The molecule has 0 amide bonds. The molecule has 2 fully saturated rings. The molecule has 0 bridgehead atoms. The molecule has 3 atom stereocenters. The van der Waals surface area contributed by atoms with Gasteiger partial charge in [-0.05, 0) is 54.9 Å². The van der Waals surface area contributed by atoms with Crippen molar-refractivity contribution < 1.29 is 51.5 Å². The summed E-state index contributed by atoms with van der Waals surface area (Å²) in [6.07, 6.45) is 6.30. The molecule has 0 N–H and O–H groups in total. The van der Waals surface area contributed by atoms with E-state index in [0.29, 0.717) is 24.5 Å². The first-order chi connectivity index (χ1) is 11.3. The second-order valence-electron chi connectivity index (χ2n) is 7.28. The standard InChI is InChI=1S/C18H20O5S.Na/c1-18-9-8-14-13-5-3-12(23-24(20,21)22)10-11(13)2-4-15(14)16(18)6-7-17(18)19;/h3-5,10,14,16H,2,6-9H2,1H3,(H,20,21,22);/q;+1/p-1/t14-,16+,18+;/m0./s1. The van der Waals surface area contributed by atoms with Gasteiger partial charge in [-0.25, -0.2) is 8.42 Å². The molecule has 1 aromatic carbocycles. The number of hydrogen-bond donors (Lipinski definition) is 0. The van der Waals surface area contributed by atoms with E-state index >= 15 is 0 Å². The summed E-state index contributed by atoms with van der Waals surface area (Å²) < 4.78 is 36.8. The van der Waals surface area contributed by atoms with Crippen LogP contribution in [0.15, 0.2) is 29.8 Å². The molecule has 1 aromatic rings. The Bertz CT molecular complexity index is 860. The number of fused-ring (bicyclic) bond motifs is 5. The van der Waals surface area contributed by atoms with Crippen molar-refractivity contribution in [2.24, 2.45) is 11.3 Å². The summed E-state index contributed by atoms with van der Waals surface area (Å²) in [5, 5.41) is 0. The number of carbonyl (C=O) groups is 1. The Morgan fingerprint density at radius 2 is 2.04 bits per heavy atom. The first kappa shape index (κ1) is 19.1. The monoisotopic (exact) mass is 370 g/mol. The molecule has 0 radical (unpaired) electrons. The number of ketones is 1. The molecular formula is C18H19NaO5S.